The number of hydrogen-bond donors (Lipinski definition) is 6. The van der Waals surface area contributed by atoms with Gasteiger partial charge in [0.2, 0.25) is 0 Å². The second-order valence-corrected chi connectivity index (χ2v) is 7.91. The van der Waals surface area contributed by atoms with E-state index >= 15 is 0 Å². The largest absolute Gasteiger partial charge is 0.478 e. The first kappa shape index (κ1) is 34.9. The summed E-state index contributed by atoms with van der Waals surface area (Å²) in [5.41, 5.74) is 0.352. The monoisotopic (exact) mass is 462 g/mol. The van der Waals surface area contributed by atoms with Crippen LogP contribution in [0.2, 0.25) is 0 Å². The lowest BCUT2D eigenvalue weighted by molar-refractivity contribution is -0.133. The first-order valence-electron chi connectivity index (χ1n) is 11.3. The fourth-order valence-electron chi connectivity index (χ4n) is 2.34. The Morgan fingerprint density at radius 2 is 0.812 bits per heavy atom. The van der Waals surface area contributed by atoms with E-state index in [4.69, 9.17) is 30.6 Å². The zero-order valence-electron chi connectivity index (χ0n) is 20.0. The summed E-state index contributed by atoms with van der Waals surface area (Å²) in [5.74, 6) is -1.87. The van der Waals surface area contributed by atoms with Crippen LogP contribution >= 0.6 is 0 Å². The lowest BCUT2D eigenvalue weighted by atomic mass is 9.95. The number of aliphatic hydroxyl groups excluding tert-OH is 4. The molecule has 0 unspecified atom stereocenters. The molecule has 6 N–H and O–H groups in total. The van der Waals surface area contributed by atoms with Crippen molar-refractivity contribution < 1.29 is 40.2 Å². The summed E-state index contributed by atoms with van der Waals surface area (Å²) in [7, 11) is 0. The Kier molecular flexibility index (Phi) is 27.8. The smallest absolute Gasteiger partial charge is 0.330 e. The molecule has 0 amide bonds. The number of unbranched alkanes of at least 4 members (excludes halogenated alkanes) is 7. The van der Waals surface area contributed by atoms with Crippen molar-refractivity contribution in [2.75, 3.05) is 13.2 Å². The van der Waals surface area contributed by atoms with E-state index in [0.717, 1.165) is 51.4 Å². The summed E-state index contributed by atoms with van der Waals surface area (Å²) in [5, 5.41) is 50.6. The lowest BCUT2D eigenvalue weighted by Gasteiger charge is -2.20. The first-order valence-corrected chi connectivity index (χ1v) is 11.3. The molecule has 0 bridgehead atoms. The maximum atomic E-state index is 9.60. The van der Waals surface area contributed by atoms with Crippen molar-refractivity contribution in [1.29, 1.82) is 0 Å². The maximum absolute atomic E-state index is 9.60. The van der Waals surface area contributed by atoms with Gasteiger partial charge in [0.05, 0.1) is 12.2 Å². The SMILES string of the molecule is C=C(C)C(=O)O.C=C(C)C(=O)O.OC1CCC(O)CC1.OCCCCCCCCCCO. The van der Waals surface area contributed by atoms with Gasteiger partial charge in [0, 0.05) is 24.4 Å². The number of rotatable bonds is 11. The van der Waals surface area contributed by atoms with Crippen LogP contribution in [0.5, 0.6) is 0 Å². The lowest BCUT2D eigenvalue weighted by Crippen LogP contribution is -2.21. The summed E-state index contributed by atoms with van der Waals surface area (Å²) in [6.45, 7) is 9.88. The van der Waals surface area contributed by atoms with Gasteiger partial charge in [-0.2, -0.15) is 0 Å². The number of carboxylic acid groups (broad SMARTS) is 2. The van der Waals surface area contributed by atoms with Crippen LogP contribution in [0.15, 0.2) is 24.3 Å². The van der Waals surface area contributed by atoms with Crippen LogP contribution in [-0.4, -0.2) is 68.0 Å². The third kappa shape index (κ3) is 32.9. The minimum absolute atomic E-state index is 0.140. The fourth-order valence-corrected chi connectivity index (χ4v) is 2.34. The normalized spacial score (nSPS) is 16.7. The van der Waals surface area contributed by atoms with E-state index in [1.807, 2.05) is 0 Å². The molecule has 1 aliphatic carbocycles. The number of carbonyl (C=O) groups is 2. The van der Waals surface area contributed by atoms with E-state index in [0.29, 0.717) is 13.2 Å². The van der Waals surface area contributed by atoms with Gasteiger partial charge < -0.3 is 30.6 Å². The number of aliphatic carboxylic acids is 2. The molecule has 0 spiro atoms. The highest BCUT2D eigenvalue weighted by atomic mass is 16.4. The standard InChI is InChI=1S/C10H22O2.C6H12O2.2C4H6O2/c11-9-7-5-3-1-2-4-6-8-10-12;7-5-1-2-6(8)4-3-5;2*1-3(2)4(5)6/h11-12H,1-10H2;5-8H,1-4H2;2*1H2,2H3,(H,5,6). The molecule has 0 saturated heterocycles. The van der Waals surface area contributed by atoms with Gasteiger partial charge in [0.15, 0.2) is 0 Å². The Balaban J connectivity index is -0.000000368. The highest BCUT2D eigenvalue weighted by Gasteiger charge is 2.15. The van der Waals surface area contributed by atoms with Crippen LogP contribution in [0.1, 0.15) is 90.9 Å². The van der Waals surface area contributed by atoms with E-state index in [9.17, 15) is 9.59 Å². The van der Waals surface area contributed by atoms with E-state index in [-0.39, 0.29) is 23.4 Å². The van der Waals surface area contributed by atoms with Crippen LogP contribution in [0.3, 0.4) is 0 Å². The molecule has 0 atom stereocenters. The zero-order chi connectivity index (χ0) is 25.4. The molecule has 0 heterocycles. The molecule has 1 aliphatic rings. The minimum Gasteiger partial charge on any atom is -0.478 e. The van der Waals surface area contributed by atoms with E-state index in [2.05, 4.69) is 13.2 Å². The molecule has 32 heavy (non-hydrogen) atoms. The van der Waals surface area contributed by atoms with Crippen molar-refractivity contribution in [2.45, 2.75) is 103 Å². The Hall–Kier alpha value is -1.74. The Morgan fingerprint density at radius 3 is 0.969 bits per heavy atom. The van der Waals surface area contributed by atoms with Gasteiger partial charge in [-0.3, -0.25) is 0 Å². The third-order valence-corrected chi connectivity index (χ3v) is 4.46. The van der Waals surface area contributed by atoms with Crippen molar-refractivity contribution >= 4 is 11.9 Å². The molecule has 0 radical (unpaired) electrons. The van der Waals surface area contributed by atoms with Gasteiger partial charge in [-0.15, -0.1) is 0 Å². The van der Waals surface area contributed by atoms with E-state index < -0.39 is 11.9 Å². The van der Waals surface area contributed by atoms with Crippen LogP contribution in [0.4, 0.5) is 0 Å². The summed E-state index contributed by atoms with van der Waals surface area (Å²) in [6, 6.07) is 0. The molecule has 8 heteroatoms. The molecule has 1 saturated carbocycles. The zero-order valence-corrected chi connectivity index (χ0v) is 20.0. The molecular weight excluding hydrogens is 416 g/mol. The van der Waals surface area contributed by atoms with E-state index in [1.54, 1.807) is 0 Å². The predicted molar refractivity (Wildman–Crippen MR) is 126 cm³/mol. The molecule has 1 rings (SSSR count). The molecule has 0 aromatic heterocycles. The molecule has 0 aliphatic heterocycles. The average Bonchev–Trinajstić information content (AvgIpc) is 2.73. The van der Waals surface area contributed by atoms with Gasteiger partial charge in [-0.1, -0.05) is 51.7 Å². The van der Waals surface area contributed by atoms with Gasteiger partial charge in [-0.25, -0.2) is 9.59 Å². The second-order valence-electron chi connectivity index (χ2n) is 7.91. The van der Waals surface area contributed by atoms with Crippen molar-refractivity contribution in [1.82, 2.24) is 0 Å². The quantitative estimate of drug-likeness (QED) is 0.201. The number of hydrogen-bond acceptors (Lipinski definition) is 6. The summed E-state index contributed by atoms with van der Waals surface area (Å²) in [4.78, 5) is 19.2. The second kappa shape index (κ2) is 25.5. The van der Waals surface area contributed by atoms with Crippen molar-refractivity contribution in [2.24, 2.45) is 0 Å². The van der Waals surface area contributed by atoms with Crippen LogP contribution in [0, 0.1) is 0 Å². The number of aliphatic hydroxyl groups is 4. The van der Waals surface area contributed by atoms with E-state index in [1.165, 1.54) is 39.5 Å². The van der Waals surface area contributed by atoms with Gasteiger partial charge in [0.25, 0.3) is 0 Å². The van der Waals surface area contributed by atoms with Gasteiger partial charge in [0.1, 0.15) is 0 Å². The third-order valence-electron chi connectivity index (χ3n) is 4.46. The molecular formula is C24H46O8. The maximum Gasteiger partial charge on any atom is 0.330 e. The predicted octanol–water partition coefficient (Wildman–Crippen LogP) is 3.67. The molecule has 8 nitrogen and oxygen atoms in total. The number of carboxylic acids is 2. The fraction of sp³-hybridized carbons (Fsp3) is 0.750. The van der Waals surface area contributed by atoms with Crippen LogP contribution < -0.4 is 0 Å². The molecule has 1 fully saturated rings. The Labute approximate surface area is 193 Å². The average molecular weight is 463 g/mol. The Morgan fingerprint density at radius 1 is 0.625 bits per heavy atom. The van der Waals surface area contributed by atoms with Crippen molar-refractivity contribution in [3.63, 3.8) is 0 Å². The highest BCUT2D eigenvalue weighted by molar-refractivity contribution is 5.85. The summed E-state index contributed by atoms with van der Waals surface area (Å²) >= 11 is 0. The van der Waals surface area contributed by atoms with Gasteiger partial charge in [-0.05, 0) is 52.4 Å². The highest BCUT2D eigenvalue weighted by Crippen LogP contribution is 2.17. The summed E-state index contributed by atoms with van der Waals surface area (Å²) in [6.07, 6.45) is 12.1. The summed E-state index contributed by atoms with van der Waals surface area (Å²) < 4.78 is 0. The van der Waals surface area contributed by atoms with Crippen molar-refractivity contribution in [3.05, 3.63) is 24.3 Å². The molecule has 0 aromatic carbocycles. The minimum atomic E-state index is -0.935. The van der Waals surface area contributed by atoms with Crippen LogP contribution in [0.25, 0.3) is 0 Å². The van der Waals surface area contributed by atoms with Gasteiger partial charge >= 0.3 is 11.9 Å². The van der Waals surface area contributed by atoms with Crippen LogP contribution in [-0.2, 0) is 9.59 Å². The van der Waals surface area contributed by atoms with Crippen molar-refractivity contribution in [3.8, 4) is 0 Å². The molecule has 190 valence electrons. The Bertz CT molecular complexity index is 414. The topological polar surface area (TPSA) is 156 Å². The molecule has 0 aromatic rings. The first-order chi connectivity index (χ1) is 15.0.